The highest BCUT2D eigenvalue weighted by molar-refractivity contribution is 7.92. The number of nitrogens with one attached hydrogen (secondary N) is 2. The first-order valence-electron chi connectivity index (χ1n) is 10.2. The lowest BCUT2D eigenvalue weighted by molar-refractivity contribution is -0.150. The maximum Gasteiger partial charge on any atom is 0.336 e. The van der Waals surface area contributed by atoms with Gasteiger partial charge in [0.05, 0.1) is 22.7 Å². The van der Waals surface area contributed by atoms with Gasteiger partial charge in [-0.25, -0.2) is 13.2 Å². The average Bonchev–Trinajstić information content (AvgIpc) is 2.84. The first kappa shape index (κ1) is 25.0. The molecule has 0 saturated carbocycles. The van der Waals surface area contributed by atoms with Gasteiger partial charge in [-0.05, 0) is 48.4 Å². The number of hydrogen-bond donors (Lipinski definition) is 2. The van der Waals surface area contributed by atoms with E-state index in [0.717, 1.165) is 0 Å². The van der Waals surface area contributed by atoms with Gasteiger partial charge < -0.3 is 10.1 Å². The summed E-state index contributed by atoms with van der Waals surface area (Å²) in [4.78, 5) is 25.0. The van der Waals surface area contributed by atoms with E-state index < -0.39 is 27.4 Å². The molecule has 1 atom stereocenters. The second-order valence-corrected chi connectivity index (χ2v) is 9.55. The van der Waals surface area contributed by atoms with Crippen LogP contribution in [0.1, 0.15) is 18.1 Å². The van der Waals surface area contributed by atoms with Crippen molar-refractivity contribution in [2.45, 2.75) is 17.4 Å². The molecule has 7 nitrogen and oxygen atoms in total. The highest BCUT2D eigenvalue weighted by Crippen LogP contribution is 2.25. The van der Waals surface area contributed by atoms with Crippen molar-refractivity contribution in [2.75, 3.05) is 11.8 Å². The molecule has 0 aliphatic rings. The normalized spacial score (nSPS) is 13.1. The smallest absolute Gasteiger partial charge is 0.336 e. The Bertz CT molecular complexity index is 1310. The van der Waals surface area contributed by atoms with Crippen LogP contribution in [0, 0.1) is 0 Å². The van der Waals surface area contributed by atoms with Crippen LogP contribution in [-0.4, -0.2) is 27.4 Å². The van der Waals surface area contributed by atoms with Crippen molar-refractivity contribution in [1.82, 2.24) is 5.32 Å². The molecule has 9 heteroatoms. The summed E-state index contributed by atoms with van der Waals surface area (Å²) in [6.45, 7) is 1.56. The number of carbonyl (C=O) groups is 2. The number of anilines is 1. The highest BCUT2D eigenvalue weighted by Gasteiger charge is 2.37. The number of esters is 1. The van der Waals surface area contributed by atoms with E-state index in [9.17, 15) is 18.0 Å². The lowest BCUT2D eigenvalue weighted by atomic mass is 9.92. The number of ether oxygens (including phenoxy) is 1. The Balaban J connectivity index is 1.72. The number of carbonyl (C=O) groups excluding carboxylic acids is 2. The van der Waals surface area contributed by atoms with E-state index in [4.69, 9.17) is 16.3 Å². The van der Waals surface area contributed by atoms with Crippen LogP contribution in [0.2, 0.25) is 5.02 Å². The number of halogens is 1. The van der Waals surface area contributed by atoms with Gasteiger partial charge in [-0.2, -0.15) is 0 Å². The number of rotatable bonds is 8. The summed E-state index contributed by atoms with van der Waals surface area (Å²) in [6.07, 6.45) is 2.77. The van der Waals surface area contributed by atoms with E-state index in [-0.39, 0.29) is 15.6 Å². The summed E-state index contributed by atoms with van der Waals surface area (Å²) < 4.78 is 32.6. The van der Waals surface area contributed by atoms with Crippen molar-refractivity contribution in [3.8, 4) is 0 Å². The number of benzene rings is 3. The van der Waals surface area contributed by atoms with E-state index in [0.29, 0.717) is 11.1 Å². The molecule has 0 aromatic heterocycles. The van der Waals surface area contributed by atoms with Crippen LogP contribution < -0.4 is 10.0 Å². The van der Waals surface area contributed by atoms with Crippen LogP contribution in [-0.2, 0) is 29.9 Å². The molecule has 1 amide bonds. The monoisotopic (exact) mass is 498 g/mol. The molecule has 0 radical (unpaired) electrons. The van der Waals surface area contributed by atoms with E-state index in [2.05, 4.69) is 10.0 Å². The van der Waals surface area contributed by atoms with Gasteiger partial charge in [0, 0.05) is 6.08 Å². The predicted molar refractivity (Wildman–Crippen MR) is 132 cm³/mol. The Labute approximate surface area is 203 Å². The molecule has 0 bridgehead atoms. The maximum atomic E-state index is 12.6. The van der Waals surface area contributed by atoms with Crippen LogP contribution in [0.3, 0.4) is 0 Å². The van der Waals surface area contributed by atoms with Crippen LogP contribution in [0.15, 0.2) is 89.8 Å². The molecule has 3 aromatic rings. The van der Waals surface area contributed by atoms with Gasteiger partial charge in [-0.1, -0.05) is 66.2 Å². The first-order valence-corrected chi connectivity index (χ1v) is 12.0. The minimum Gasteiger partial charge on any atom is -0.467 e. The second kappa shape index (κ2) is 10.5. The Morgan fingerprint density at radius 3 is 2.18 bits per heavy atom. The average molecular weight is 499 g/mol. The molecular weight excluding hydrogens is 476 g/mol. The Kier molecular flexibility index (Phi) is 7.75. The van der Waals surface area contributed by atoms with Crippen LogP contribution in [0.4, 0.5) is 5.69 Å². The SMILES string of the molecule is COC(=O)[C@](C)(NC(=O)/C=C\c1ccc(S(=O)(=O)Nc2ccccc2Cl)cc1)c1ccccc1. The Morgan fingerprint density at radius 2 is 1.56 bits per heavy atom. The fraction of sp³-hybridized carbons (Fsp3) is 0.120. The Hall–Kier alpha value is -3.62. The lowest BCUT2D eigenvalue weighted by Crippen LogP contribution is -2.49. The standard InChI is InChI=1S/C25H23ClN2O5S/c1-25(24(30)33-2,19-8-4-3-5-9-19)27-23(29)17-14-18-12-15-20(16-13-18)34(31,32)28-22-11-7-6-10-21(22)26/h3-17,28H,1-2H3,(H,27,29)/b17-14-/t25-/m1/s1. The van der Waals surface area contributed by atoms with Gasteiger partial charge in [0.15, 0.2) is 5.54 Å². The van der Waals surface area contributed by atoms with E-state index in [1.807, 2.05) is 0 Å². The summed E-state index contributed by atoms with van der Waals surface area (Å²) in [6, 6.07) is 21.2. The number of sulfonamides is 1. The van der Waals surface area contributed by atoms with Gasteiger partial charge in [0.25, 0.3) is 10.0 Å². The summed E-state index contributed by atoms with van der Waals surface area (Å²) in [7, 11) is -2.59. The van der Waals surface area contributed by atoms with Gasteiger partial charge in [0.1, 0.15) is 0 Å². The summed E-state index contributed by atoms with van der Waals surface area (Å²) in [5, 5.41) is 2.96. The van der Waals surface area contributed by atoms with Gasteiger partial charge in [-0.3, -0.25) is 9.52 Å². The molecule has 0 spiro atoms. The molecule has 0 heterocycles. The minimum absolute atomic E-state index is 0.0383. The fourth-order valence-corrected chi connectivity index (χ4v) is 4.50. The molecule has 0 fully saturated rings. The van der Waals surface area contributed by atoms with Crippen LogP contribution >= 0.6 is 11.6 Å². The predicted octanol–water partition coefficient (Wildman–Crippen LogP) is 4.36. The first-order chi connectivity index (χ1) is 16.2. The molecule has 2 N–H and O–H groups in total. The van der Waals surface area contributed by atoms with Crippen molar-refractivity contribution in [3.05, 3.63) is 101 Å². The maximum absolute atomic E-state index is 12.6. The molecule has 0 saturated heterocycles. The molecule has 0 aliphatic heterocycles. The van der Waals surface area contributed by atoms with E-state index in [1.54, 1.807) is 73.7 Å². The topological polar surface area (TPSA) is 102 Å². The third-order valence-electron chi connectivity index (χ3n) is 5.05. The molecule has 176 valence electrons. The summed E-state index contributed by atoms with van der Waals surface area (Å²) in [5.41, 5.74) is 0.0621. The quantitative estimate of drug-likeness (QED) is 0.355. The molecule has 34 heavy (non-hydrogen) atoms. The van der Waals surface area contributed by atoms with E-state index in [1.165, 1.54) is 31.4 Å². The molecule has 0 unspecified atom stereocenters. The molecule has 3 rings (SSSR count). The number of para-hydroxylation sites is 1. The summed E-state index contributed by atoms with van der Waals surface area (Å²) in [5.74, 6) is -1.13. The van der Waals surface area contributed by atoms with Gasteiger partial charge >= 0.3 is 5.97 Å². The van der Waals surface area contributed by atoms with Crippen molar-refractivity contribution in [3.63, 3.8) is 0 Å². The summed E-state index contributed by atoms with van der Waals surface area (Å²) >= 11 is 6.02. The van der Waals surface area contributed by atoms with Crippen LogP contribution in [0.25, 0.3) is 6.08 Å². The zero-order valence-electron chi connectivity index (χ0n) is 18.5. The lowest BCUT2D eigenvalue weighted by Gasteiger charge is -2.27. The van der Waals surface area contributed by atoms with Gasteiger partial charge in [0.2, 0.25) is 5.91 Å². The molecular formula is C25H23ClN2O5S. The molecule has 3 aromatic carbocycles. The third kappa shape index (κ3) is 5.84. The molecule has 0 aliphatic carbocycles. The van der Waals surface area contributed by atoms with Gasteiger partial charge in [-0.15, -0.1) is 0 Å². The third-order valence-corrected chi connectivity index (χ3v) is 6.76. The van der Waals surface area contributed by atoms with Crippen molar-refractivity contribution >= 4 is 45.3 Å². The largest absolute Gasteiger partial charge is 0.467 e. The number of amides is 1. The highest BCUT2D eigenvalue weighted by atomic mass is 35.5. The number of methoxy groups -OCH3 is 1. The van der Waals surface area contributed by atoms with Crippen molar-refractivity contribution in [1.29, 1.82) is 0 Å². The van der Waals surface area contributed by atoms with E-state index >= 15 is 0 Å². The van der Waals surface area contributed by atoms with Crippen molar-refractivity contribution < 1.29 is 22.7 Å². The van der Waals surface area contributed by atoms with Crippen LogP contribution in [0.5, 0.6) is 0 Å². The number of hydrogen-bond acceptors (Lipinski definition) is 5. The Morgan fingerprint density at radius 1 is 0.941 bits per heavy atom. The zero-order valence-corrected chi connectivity index (χ0v) is 20.1. The fourth-order valence-electron chi connectivity index (χ4n) is 3.18. The minimum atomic E-state index is -3.84. The second-order valence-electron chi connectivity index (χ2n) is 7.46. The van der Waals surface area contributed by atoms with Crippen molar-refractivity contribution in [2.24, 2.45) is 0 Å². The zero-order chi connectivity index (χ0) is 24.8.